The summed E-state index contributed by atoms with van der Waals surface area (Å²) in [7, 11) is 0. The minimum absolute atomic E-state index is 0.0446. The molecule has 4 heterocycles. The minimum Gasteiger partial charge on any atom is -0.383 e. The van der Waals surface area contributed by atoms with E-state index in [4.69, 9.17) is 0 Å². The molecule has 1 saturated heterocycles. The lowest BCUT2D eigenvalue weighted by molar-refractivity contribution is 0.0741. The summed E-state index contributed by atoms with van der Waals surface area (Å²) in [5.74, 6) is -0.257. The molecule has 5 rings (SSSR count). The van der Waals surface area contributed by atoms with Crippen LogP contribution in [0.15, 0.2) is 41.5 Å². The van der Waals surface area contributed by atoms with Gasteiger partial charge in [-0.2, -0.15) is 5.10 Å². The van der Waals surface area contributed by atoms with E-state index in [1.54, 1.807) is 35.5 Å². The van der Waals surface area contributed by atoms with Gasteiger partial charge >= 0.3 is 0 Å². The molecular formula is C23H24FN7O2. The highest BCUT2D eigenvalue weighted by atomic mass is 19.1. The van der Waals surface area contributed by atoms with E-state index in [1.165, 1.54) is 6.07 Å². The van der Waals surface area contributed by atoms with E-state index in [1.807, 2.05) is 4.90 Å². The summed E-state index contributed by atoms with van der Waals surface area (Å²) < 4.78 is 14.6. The molecule has 170 valence electrons. The SMILES string of the molecule is O=C(c1cc(Cc2n[nH]c(=O)c3c2NCCC3)ccc1F)N1CCN(c2ncccn2)CC1. The number of hydrogen-bond acceptors (Lipinski definition) is 7. The highest BCUT2D eigenvalue weighted by molar-refractivity contribution is 5.95. The topological polar surface area (TPSA) is 107 Å². The maximum Gasteiger partial charge on any atom is 0.269 e. The Balaban J connectivity index is 1.32. The number of nitrogens with one attached hydrogen (secondary N) is 2. The second-order valence-corrected chi connectivity index (χ2v) is 8.20. The number of carbonyl (C=O) groups is 1. The second-order valence-electron chi connectivity index (χ2n) is 8.20. The average Bonchev–Trinajstić information content (AvgIpc) is 2.87. The number of halogens is 1. The van der Waals surface area contributed by atoms with Crippen LogP contribution in [0.5, 0.6) is 0 Å². The van der Waals surface area contributed by atoms with Crippen molar-refractivity contribution >= 4 is 17.5 Å². The molecule has 2 aliphatic rings. The van der Waals surface area contributed by atoms with Crippen LogP contribution < -0.4 is 15.8 Å². The molecule has 0 spiro atoms. The Morgan fingerprint density at radius 2 is 1.91 bits per heavy atom. The Morgan fingerprint density at radius 1 is 1.12 bits per heavy atom. The van der Waals surface area contributed by atoms with Crippen LogP contribution in [-0.2, 0) is 12.8 Å². The van der Waals surface area contributed by atoms with Crippen LogP contribution in [0.1, 0.15) is 33.6 Å². The van der Waals surface area contributed by atoms with Crippen LogP contribution >= 0.6 is 0 Å². The van der Waals surface area contributed by atoms with Crippen LogP contribution in [0.3, 0.4) is 0 Å². The van der Waals surface area contributed by atoms with Crippen LogP contribution in [0.4, 0.5) is 16.0 Å². The third-order valence-corrected chi connectivity index (χ3v) is 6.10. The van der Waals surface area contributed by atoms with Crippen LogP contribution in [0.2, 0.25) is 0 Å². The smallest absolute Gasteiger partial charge is 0.269 e. The van der Waals surface area contributed by atoms with Crippen molar-refractivity contribution in [1.82, 2.24) is 25.1 Å². The fourth-order valence-corrected chi connectivity index (χ4v) is 4.36. The first-order chi connectivity index (χ1) is 16.1. The number of nitrogens with zero attached hydrogens (tertiary/aromatic N) is 5. The largest absolute Gasteiger partial charge is 0.383 e. The van der Waals surface area contributed by atoms with E-state index in [2.05, 4.69) is 25.5 Å². The third kappa shape index (κ3) is 4.28. The molecule has 0 atom stereocenters. The van der Waals surface area contributed by atoms with E-state index < -0.39 is 5.82 Å². The number of aromatic amines is 1. The number of piperazine rings is 1. The third-order valence-electron chi connectivity index (χ3n) is 6.10. The van der Waals surface area contributed by atoms with Crippen molar-refractivity contribution in [3.63, 3.8) is 0 Å². The molecule has 2 aromatic heterocycles. The van der Waals surface area contributed by atoms with Gasteiger partial charge in [-0.3, -0.25) is 9.59 Å². The van der Waals surface area contributed by atoms with E-state index in [-0.39, 0.29) is 17.0 Å². The Labute approximate surface area is 189 Å². The number of hydrogen-bond donors (Lipinski definition) is 2. The molecule has 0 bridgehead atoms. The Hall–Kier alpha value is -3.82. The quantitative estimate of drug-likeness (QED) is 0.623. The van der Waals surface area contributed by atoms with Gasteiger partial charge in [0, 0.05) is 57.1 Å². The van der Waals surface area contributed by atoms with Gasteiger partial charge in [-0.15, -0.1) is 0 Å². The Kier molecular flexibility index (Phi) is 5.72. The van der Waals surface area contributed by atoms with Crippen LogP contribution in [-0.4, -0.2) is 63.7 Å². The van der Waals surface area contributed by atoms with Crippen molar-refractivity contribution in [2.75, 3.05) is 42.9 Å². The van der Waals surface area contributed by atoms with E-state index >= 15 is 0 Å². The summed E-state index contributed by atoms with van der Waals surface area (Å²) in [5.41, 5.74) is 2.75. The van der Waals surface area contributed by atoms with E-state index in [0.29, 0.717) is 56.2 Å². The van der Waals surface area contributed by atoms with Crippen molar-refractivity contribution in [3.8, 4) is 0 Å². The van der Waals surface area contributed by atoms with Crippen LogP contribution in [0.25, 0.3) is 0 Å². The second kappa shape index (κ2) is 8.97. The molecule has 0 radical (unpaired) electrons. The van der Waals surface area contributed by atoms with Gasteiger partial charge in [-0.1, -0.05) is 6.07 Å². The molecule has 3 aromatic rings. The van der Waals surface area contributed by atoms with Gasteiger partial charge in [0.15, 0.2) is 0 Å². The molecule has 2 aliphatic heterocycles. The summed E-state index contributed by atoms with van der Waals surface area (Å²) in [6, 6.07) is 6.32. The molecule has 9 nitrogen and oxygen atoms in total. The van der Waals surface area contributed by atoms with Crippen molar-refractivity contribution < 1.29 is 9.18 Å². The Morgan fingerprint density at radius 3 is 2.70 bits per heavy atom. The molecule has 1 aromatic carbocycles. The van der Waals surface area contributed by atoms with Crippen molar-refractivity contribution in [2.24, 2.45) is 0 Å². The molecular weight excluding hydrogens is 425 g/mol. The normalized spacial score (nSPS) is 15.7. The van der Waals surface area contributed by atoms with Crippen molar-refractivity contribution in [1.29, 1.82) is 0 Å². The number of amides is 1. The van der Waals surface area contributed by atoms with Gasteiger partial charge in [-0.25, -0.2) is 19.5 Å². The first kappa shape index (κ1) is 21.0. The zero-order valence-corrected chi connectivity index (χ0v) is 18.1. The summed E-state index contributed by atoms with van der Waals surface area (Å²) in [4.78, 5) is 37.3. The summed E-state index contributed by atoms with van der Waals surface area (Å²) >= 11 is 0. The lowest BCUT2D eigenvalue weighted by atomic mass is 9.99. The predicted molar refractivity (Wildman–Crippen MR) is 121 cm³/mol. The van der Waals surface area contributed by atoms with Gasteiger partial charge in [0.25, 0.3) is 11.5 Å². The first-order valence-electron chi connectivity index (χ1n) is 11.0. The fraction of sp³-hybridized carbons (Fsp3) is 0.348. The highest BCUT2D eigenvalue weighted by Gasteiger charge is 2.26. The average molecular weight is 449 g/mol. The number of anilines is 2. The molecule has 0 saturated carbocycles. The number of fused-ring (bicyclic) bond motifs is 1. The zero-order chi connectivity index (χ0) is 22.8. The standard InChI is InChI=1S/C23H24FN7O2/c24-18-5-4-15(14-19-20-16(3-1-6-25-20)21(32)29-28-19)13-17(18)22(33)30-9-11-31(12-10-30)23-26-7-2-8-27-23/h2,4-5,7-8,13,25H,1,3,6,9-12,14H2,(H,29,32). The van der Waals surface area contributed by atoms with Crippen molar-refractivity contribution in [2.45, 2.75) is 19.3 Å². The maximum atomic E-state index is 14.6. The van der Waals surface area contributed by atoms with E-state index in [0.717, 1.165) is 24.2 Å². The van der Waals surface area contributed by atoms with Crippen LogP contribution in [0, 0.1) is 5.82 Å². The highest BCUT2D eigenvalue weighted by Crippen LogP contribution is 2.24. The van der Waals surface area contributed by atoms with Crippen molar-refractivity contribution in [3.05, 3.63) is 75.2 Å². The number of carbonyl (C=O) groups excluding carboxylic acids is 1. The molecule has 0 aliphatic carbocycles. The fourth-order valence-electron chi connectivity index (χ4n) is 4.36. The monoisotopic (exact) mass is 449 g/mol. The van der Waals surface area contributed by atoms with Gasteiger partial charge < -0.3 is 15.1 Å². The van der Waals surface area contributed by atoms with Gasteiger partial charge in [0.1, 0.15) is 5.82 Å². The lowest BCUT2D eigenvalue weighted by Gasteiger charge is -2.34. The first-order valence-corrected chi connectivity index (χ1v) is 11.0. The summed E-state index contributed by atoms with van der Waals surface area (Å²) in [6.45, 7) is 2.85. The van der Waals surface area contributed by atoms with Gasteiger partial charge in [0.2, 0.25) is 5.95 Å². The summed E-state index contributed by atoms with van der Waals surface area (Å²) in [5, 5.41) is 10.0. The number of rotatable bonds is 4. The molecule has 33 heavy (non-hydrogen) atoms. The molecule has 1 fully saturated rings. The number of benzene rings is 1. The molecule has 10 heteroatoms. The lowest BCUT2D eigenvalue weighted by Crippen LogP contribution is -2.49. The predicted octanol–water partition coefficient (Wildman–Crippen LogP) is 1.61. The Bertz CT molecular complexity index is 1220. The maximum absolute atomic E-state index is 14.6. The van der Waals surface area contributed by atoms with E-state index in [9.17, 15) is 14.0 Å². The van der Waals surface area contributed by atoms with Gasteiger partial charge in [0.05, 0.1) is 16.9 Å². The number of H-pyrrole nitrogens is 1. The molecule has 2 N–H and O–H groups in total. The molecule has 0 unspecified atom stereocenters. The zero-order valence-electron chi connectivity index (χ0n) is 18.1. The molecule has 1 amide bonds. The van der Waals surface area contributed by atoms with Gasteiger partial charge in [-0.05, 0) is 36.6 Å². The minimum atomic E-state index is -0.549. The number of aromatic nitrogens is 4. The summed E-state index contributed by atoms with van der Waals surface area (Å²) in [6.07, 6.45) is 5.33.